The molecule has 2 aromatic heterocycles. The van der Waals surface area contributed by atoms with Crippen molar-refractivity contribution < 1.29 is 8.83 Å². The van der Waals surface area contributed by atoms with Crippen molar-refractivity contribution in [3.8, 4) is 44.8 Å². The van der Waals surface area contributed by atoms with Crippen molar-refractivity contribution in [3.05, 3.63) is 206 Å². The zero-order chi connectivity index (χ0) is 37.7. The van der Waals surface area contributed by atoms with Crippen molar-refractivity contribution >= 4 is 60.9 Å². The predicted molar refractivity (Wildman–Crippen MR) is 235 cm³/mol. The summed E-state index contributed by atoms with van der Waals surface area (Å²) in [5.41, 5.74) is 14.0. The fourth-order valence-electron chi connectivity index (χ4n) is 8.10. The van der Waals surface area contributed by atoms with Gasteiger partial charge in [0.15, 0.2) is 5.58 Å². The lowest BCUT2D eigenvalue weighted by Gasteiger charge is -2.26. The highest BCUT2D eigenvalue weighted by Gasteiger charge is 2.21. The molecule has 0 spiro atoms. The van der Waals surface area contributed by atoms with Crippen LogP contribution in [0.5, 0.6) is 0 Å². The SMILES string of the molecule is c1ccc(-c2ccc(N(c3ccc(-c4ccc5ccccc5c4)cc3)c3cccc(-c4cccc5oc6ccc7nc(-c8ccccc8)oc7c6c45)c3)cc2)cc1. The van der Waals surface area contributed by atoms with Crippen LogP contribution in [0.2, 0.25) is 0 Å². The molecule has 0 saturated heterocycles. The molecule has 0 amide bonds. The molecule has 0 saturated carbocycles. The fourth-order valence-corrected chi connectivity index (χ4v) is 8.10. The van der Waals surface area contributed by atoms with E-state index in [2.05, 4.69) is 163 Å². The first-order chi connectivity index (χ1) is 28.2. The maximum atomic E-state index is 6.53. The molecule has 0 unspecified atom stereocenters. The Balaban J connectivity index is 1.04. The second-order valence-corrected chi connectivity index (χ2v) is 14.4. The van der Waals surface area contributed by atoms with E-state index in [1.165, 1.54) is 33.0 Å². The highest BCUT2D eigenvalue weighted by Crippen LogP contribution is 2.43. The molecule has 11 rings (SSSR count). The first kappa shape index (κ1) is 32.7. The number of rotatable bonds is 7. The van der Waals surface area contributed by atoms with Crippen LogP contribution < -0.4 is 4.90 Å². The van der Waals surface area contributed by atoms with Gasteiger partial charge < -0.3 is 13.7 Å². The summed E-state index contributed by atoms with van der Waals surface area (Å²) < 4.78 is 13.0. The molecule has 0 aliphatic carbocycles. The van der Waals surface area contributed by atoms with E-state index >= 15 is 0 Å². The van der Waals surface area contributed by atoms with E-state index in [1.54, 1.807) is 0 Å². The summed E-state index contributed by atoms with van der Waals surface area (Å²) in [6.45, 7) is 0. The van der Waals surface area contributed by atoms with Gasteiger partial charge in [-0.1, -0.05) is 133 Å². The lowest BCUT2D eigenvalue weighted by atomic mass is 9.98. The number of fused-ring (bicyclic) bond motifs is 6. The number of hydrogen-bond acceptors (Lipinski definition) is 4. The van der Waals surface area contributed by atoms with Crippen molar-refractivity contribution in [1.29, 1.82) is 0 Å². The zero-order valence-corrected chi connectivity index (χ0v) is 30.8. The van der Waals surface area contributed by atoms with Gasteiger partial charge in [0.05, 0.1) is 5.39 Å². The largest absolute Gasteiger partial charge is 0.456 e. The van der Waals surface area contributed by atoms with E-state index in [0.29, 0.717) is 5.89 Å². The summed E-state index contributed by atoms with van der Waals surface area (Å²) in [7, 11) is 0. The summed E-state index contributed by atoms with van der Waals surface area (Å²) in [6, 6.07) is 72.4. The maximum Gasteiger partial charge on any atom is 0.227 e. The van der Waals surface area contributed by atoms with Crippen molar-refractivity contribution in [2.24, 2.45) is 0 Å². The van der Waals surface area contributed by atoms with Gasteiger partial charge in [-0.15, -0.1) is 0 Å². The van der Waals surface area contributed by atoms with Gasteiger partial charge in [0.2, 0.25) is 5.89 Å². The molecule has 4 nitrogen and oxygen atoms in total. The molecule has 11 aromatic rings. The average molecular weight is 731 g/mol. The maximum absolute atomic E-state index is 6.53. The summed E-state index contributed by atoms with van der Waals surface area (Å²) in [6.07, 6.45) is 0. The first-order valence-electron chi connectivity index (χ1n) is 19.2. The minimum Gasteiger partial charge on any atom is -0.456 e. The molecule has 268 valence electrons. The molecule has 57 heavy (non-hydrogen) atoms. The molecule has 0 radical (unpaired) electrons. The van der Waals surface area contributed by atoms with E-state index in [-0.39, 0.29) is 0 Å². The van der Waals surface area contributed by atoms with Crippen LogP contribution in [-0.4, -0.2) is 4.98 Å². The summed E-state index contributed by atoms with van der Waals surface area (Å²) in [5, 5.41) is 4.40. The third-order valence-electron chi connectivity index (χ3n) is 10.9. The molecule has 0 aliphatic rings. The molecule has 0 fully saturated rings. The topological polar surface area (TPSA) is 42.4 Å². The number of nitrogens with zero attached hydrogens (tertiary/aromatic N) is 2. The standard InChI is InChI=1S/C53H34N2O2/c1-3-11-35(12-4-1)37-23-27-43(28-24-37)55(44-29-25-38(26-30-44)41-22-21-36-13-7-8-16-40(36)33-41)45-18-9-17-42(34-45)46-19-10-20-48-50(46)51-49(56-48)32-31-47-52(51)57-53(54-47)39-14-5-2-6-15-39/h1-34H. The second-order valence-electron chi connectivity index (χ2n) is 14.4. The van der Waals surface area contributed by atoms with Crippen LogP contribution in [0.25, 0.3) is 88.6 Å². The Morgan fingerprint density at radius 3 is 1.70 bits per heavy atom. The van der Waals surface area contributed by atoms with E-state index in [4.69, 9.17) is 13.8 Å². The third kappa shape index (κ3) is 5.83. The Morgan fingerprint density at radius 1 is 0.351 bits per heavy atom. The van der Waals surface area contributed by atoms with Crippen LogP contribution in [0, 0.1) is 0 Å². The smallest absolute Gasteiger partial charge is 0.227 e. The number of oxazole rings is 1. The van der Waals surface area contributed by atoms with Gasteiger partial charge >= 0.3 is 0 Å². The van der Waals surface area contributed by atoms with E-state index in [9.17, 15) is 0 Å². The normalized spacial score (nSPS) is 11.5. The monoisotopic (exact) mass is 730 g/mol. The minimum atomic E-state index is 0.590. The molecule has 2 heterocycles. The molecule has 0 aliphatic heterocycles. The Kier molecular flexibility index (Phi) is 7.78. The van der Waals surface area contributed by atoms with Crippen LogP contribution >= 0.6 is 0 Å². The quantitative estimate of drug-likeness (QED) is 0.164. The van der Waals surface area contributed by atoms with Gasteiger partial charge in [-0.25, -0.2) is 4.98 Å². The molecular formula is C53H34N2O2. The van der Waals surface area contributed by atoms with Crippen LogP contribution in [0.4, 0.5) is 17.1 Å². The van der Waals surface area contributed by atoms with E-state index in [1.807, 2.05) is 48.5 Å². The van der Waals surface area contributed by atoms with Crippen LogP contribution in [0.15, 0.2) is 215 Å². The Morgan fingerprint density at radius 2 is 0.947 bits per heavy atom. The second kappa shape index (κ2) is 13.6. The lowest BCUT2D eigenvalue weighted by molar-refractivity contribution is 0.622. The molecule has 0 bridgehead atoms. The van der Waals surface area contributed by atoms with Gasteiger partial charge in [-0.2, -0.15) is 0 Å². The number of aromatic nitrogens is 1. The van der Waals surface area contributed by atoms with Crippen molar-refractivity contribution in [1.82, 2.24) is 4.98 Å². The van der Waals surface area contributed by atoms with E-state index in [0.717, 1.165) is 66.8 Å². The minimum absolute atomic E-state index is 0.590. The fraction of sp³-hybridized carbons (Fsp3) is 0. The molecule has 0 atom stereocenters. The Hall–Kier alpha value is -7.69. The predicted octanol–water partition coefficient (Wildman–Crippen LogP) is 15.0. The van der Waals surface area contributed by atoms with Crippen molar-refractivity contribution in [3.63, 3.8) is 0 Å². The van der Waals surface area contributed by atoms with Crippen molar-refractivity contribution in [2.45, 2.75) is 0 Å². The van der Waals surface area contributed by atoms with Crippen LogP contribution in [0.3, 0.4) is 0 Å². The zero-order valence-electron chi connectivity index (χ0n) is 30.8. The molecule has 0 N–H and O–H groups in total. The summed E-state index contributed by atoms with van der Waals surface area (Å²) in [4.78, 5) is 7.21. The van der Waals surface area contributed by atoms with Gasteiger partial charge in [-0.3, -0.25) is 0 Å². The van der Waals surface area contributed by atoms with Gasteiger partial charge in [0.25, 0.3) is 0 Å². The molecule has 4 heteroatoms. The highest BCUT2D eigenvalue weighted by molar-refractivity contribution is 6.21. The first-order valence-corrected chi connectivity index (χ1v) is 19.2. The summed E-state index contributed by atoms with van der Waals surface area (Å²) in [5.74, 6) is 0.590. The number of hydrogen-bond donors (Lipinski definition) is 0. The lowest BCUT2D eigenvalue weighted by Crippen LogP contribution is -2.10. The van der Waals surface area contributed by atoms with Crippen LogP contribution in [0.1, 0.15) is 0 Å². The van der Waals surface area contributed by atoms with Gasteiger partial charge in [-0.05, 0) is 117 Å². The summed E-state index contributed by atoms with van der Waals surface area (Å²) >= 11 is 0. The molecular weight excluding hydrogens is 697 g/mol. The third-order valence-corrected chi connectivity index (χ3v) is 10.9. The highest BCUT2D eigenvalue weighted by atomic mass is 16.4. The van der Waals surface area contributed by atoms with Gasteiger partial charge in [0, 0.05) is 28.0 Å². The van der Waals surface area contributed by atoms with Crippen LogP contribution in [-0.2, 0) is 0 Å². The number of furan rings is 1. The number of anilines is 3. The molecule has 9 aromatic carbocycles. The van der Waals surface area contributed by atoms with E-state index < -0.39 is 0 Å². The van der Waals surface area contributed by atoms with Gasteiger partial charge in [0.1, 0.15) is 16.7 Å². The Labute approximate surface area is 329 Å². The van der Waals surface area contributed by atoms with Crippen molar-refractivity contribution in [2.75, 3.05) is 4.90 Å². The number of benzene rings is 9. The average Bonchev–Trinajstić information content (AvgIpc) is 3.90. The Bertz CT molecular complexity index is 3220.